The summed E-state index contributed by atoms with van der Waals surface area (Å²) in [6.07, 6.45) is 1.02. The molecule has 2 amide bonds. The summed E-state index contributed by atoms with van der Waals surface area (Å²) in [7, 11) is 0. The standard InChI is InChI=1S/C24H32N2O2/c1-18-11-9-10-14-21(18)17-22(27)26(16-15-20-12-7-6-8-13-20)19(2)23(28)25-24(3,4)5/h6-14,19H,15-17H2,1-5H3,(H,25,28). The highest BCUT2D eigenvalue weighted by molar-refractivity contribution is 5.88. The first-order chi connectivity index (χ1) is 13.2. The molecule has 2 rings (SSSR count). The van der Waals surface area contributed by atoms with Crippen molar-refractivity contribution in [2.24, 2.45) is 0 Å². The van der Waals surface area contributed by atoms with Crippen LogP contribution in [0.4, 0.5) is 0 Å². The Morgan fingerprint density at radius 2 is 1.61 bits per heavy atom. The second kappa shape index (κ2) is 9.54. The summed E-state index contributed by atoms with van der Waals surface area (Å²) in [6.45, 7) is 10.2. The predicted octanol–water partition coefficient (Wildman–Crippen LogP) is 3.91. The lowest BCUT2D eigenvalue weighted by Gasteiger charge is -2.31. The average molecular weight is 381 g/mol. The fraction of sp³-hybridized carbons (Fsp3) is 0.417. The van der Waals surface area contributed by atoms with E-state index in [2.05, 4.69) is 5.32 Å². The van der Waals surface area contributed by atoms with Crippen molar-refractivity contribution < 1.29 is 9.59 Å². The quantitative estimate of drug-likeness (QED) is 0.792. The summed E-state index contributed by atoms with van der Waals surface area (Å²) in [5.41, 5.74) is 2.90. The molecule has 150 valence electrons. The number of aryl methyl sites for hydroxylation is 1. The van der Waals surface area contributed by atoms with Crippen LogP contribution >= 0.6 is 0 Å². The van der Waals surface area contributed by atoms with Crippen molar-refractivity contribution in [2.75, 3.05) is 6.54 Å². The van der Waals surface area contributed by atoms with Gasteiger partial charge in [0.2, 0.25) is 11.8 Å². The molecule has 2 aromatic rings. The minimum Gasteiger partial charge on any atom is -0.350 e. The van der Waals surface area contributed by atoms with Crippen LogP contribution in [0.3, 0.4) is 0 Å². The van der Waals surface area contributed by atoms with Gasteiger partial charge in [0.15, 0.2) is 0 Å². The second-order valence-electron chi connectivity index (χ2n) is 8.34. The molecule has 0 spiro atoms. The Balaban J connectivity index is 2.17. The Labute approximate surface area is 169 Å². The first kappa shape index (κ1) is 21.7. The van der Waals surface area contributed by atoms with Gasteiger partial charge in [0.25, 0.3) is 0 Å². The predicted molar refractivity (Wildman–Crippen MR) is 114 cm³/mol. The van der Waals surface area contributed by atoms with Crippen LogP contribution in [0.25, 0.3) is 0 Å². The highest BCUT2D eigenvalue weighted by Crippen LogP contribution is 2.13. The molecule has 2 aromatic carbocycles. The monoisotopic (exact) mass is 380 g/mol. The molecule has 1 atom stereocenters. The largest absolute Gasteiger partial charge is 0.350 e. The lowest BCUT2D eigenvalue weighted by molar-refractivity contribution is -0.140. The van der Waals surface area contributed by atoms with Crippen LogP contribution in [0.15, 0.2) is 54.6 Å². The van der Waals surface area contributed by atoms with Crippen molar-refractivity contribution in [1.82, 2.24) is 10.2 Å². The van der Waals surface area contributed by atoms with E-state index < -0.39 is 6.04 Å². The van der Waals surface area contributed by atoms with E-state index in [1.165, 1.54) is 0 Å². The first-order valence-corrected chi connectivity index (χ1v) is 9.87. The average Bonchev–Trinajstić information content (AvgIpc) is 2.63. The number of benzene rings is 2. The summed E-state index contributed by atoms with van der Waals surface area (Å²) < 4.78 is 0. The van der Waals surface area contributed by atoms with E-state index in [1.807, 2.05) is 89.2 Å². The Bertz CT molecular complexity index is 794. The van der Waals surface area contributed by atoms with Gasteiger partial charge < -0.3 is 10.2 Å². The number of carbonyl (C=O) groups is 2. The maximum absolute atomic E-state index is 13.1. The molecule has 1 N–H and O–H groups in total. The van der Waals surface area contributed by atoms with Gasteiger partial charge in [-0.25, -0.2) is 0 Å². The number of hydrogen-bond donors (Lipinski definition) is 1. The summed E-state index contributed by atoms with van der Waals surface area (Å²) in [4.78, 5) is 27.6. The number of hydrogen-bond acceptors (Lipinski definition) is 2. The molecule has 0 saturated heterocycles. The van der Waals surface area contributed by atoms with Gasteiger partial charge >= 0.3 is 0 Å². The maximum Gasteiger partial charge on any atom is 0.242 e. The Kier molecular flexibility index (Phi) is 7.38. The van der Waals surface area contributed by atoms with Crippen molar-refractivity contribution in [2.45, 2.75) is 59.0 Å². The van der Waals surface area contributed by atoms with Crippen molar-refractivity contribution >= 4 is 11.8 Å². The van der Waals surface area contributed by atoms with Crippen LogP contribution in [-0.4, -0.2) is 34.8 Å². The first-order valence-electron chi connectivity index (χ1n) is 9.87. The van der Waals surface area contributed by atoms with E-state index in [0.717, 1.165) is 16.7 Å². The van der Waals surface area contributed by atoms with Crippen LogP contribution in [-0.2, 0) is 22.4 Å². The highest BCUT2D eigenvalue weighted by Gasteiger charge is 2.28. The van der Waals surface area contributed by atoms with Crippen LogP contribution in [0.2, 0.25) is 0 Å². The summed E-state index contributed by atoms with van der Waals surface area (Å²) >= 11 is 0. The SMILES string of the molecule is Cc1ccccc1CC(=O)N(CCc1ccccc1)C(C)C(=O)NC(C)(C)C. The molecular weight excluding hydrogens is 348 g/mol. The van der Waals surface area contributed by atoms with Crippen LogP contribution < -0.4 is 5.32 Å². The van der Waals surface area contributed by atoms with Gasteiger partial charge in [-0.1, -0.05) is 54.6 Å². The van der Waals surface area contributed by atoms with Crippen LogP contribution in [0.1, 0.15) is 44.4 Å². The Morgan fingerprint density at radius 3 is 2.21 bits per heavy atom. The fourth-order valence-corrected chi connectivity index (χ4v) is 3.12. The van der Waals surface area contributed by atoms with Gasteiger partial charge in [-0.3, -0.25) is 9.59 Å². The third kappa shape index (κ3) is 6.52. The van der Waals surface area contributed by atoms with E-state index in [4.69, 9.17) is 0 Å². The van der Waals surface area contributed by atoms with Crippen LogP contribution in [0, 0.1) is 6.92 Å². The number of nitrogens with zero attached hydrogens (tertiary/aromatic N) is 1. The zero-order chi connectivity index (χ0) is 20.7. The minimum absolute atomic E-state index is 0.0261. The number of nitrogens with one attached hydrogen (secondary N) is 1. The number of carbonyl (C=O) groups excluding carboxylic acids is 2. The third-order valence-corrected chi connectivity index (χ3v) is 4.75. The molecule has 1 unspecified atom stereocenters. The Morgan fingerprint density at radius 1 is 1.00 bits per heavy atom. The number of rotatable bonds is 7. The van der Waals surface area contributed by atoms with E-state index >= 15 is 0 Å². The topological polar surface area (TPSA) is 49.4 Å². The smallest absolute Gasteiger partial charge is 0.242 e. The van der Waals surface area contributed by atoms with E-state index in [-0.39, 0.29) is 17.4 Å². The molecule has 0 aliphatic carbocycles. The molecule has 0 bridgehead atoms. The molecule has 4 heteroatoms. The number of amides is 2. The molecular formula is C24H32N2O2. The second-order valence-corrected chi connectivity index (χ2v) is 8.34. The summed E-state index contributed by atoms with van der Waals surface area (Å²) in [5.74, 6) is -0.152. The van der Waals surface area contributed by atoms with Gasteiger partial charge in [0.1, 0.15) is 6.04 Å². The van der Waals surface area contributed by atoms with E-state index in [0.29, 0.717) is 19.4 Å². The zero-order valence-corrected chi connectivity index (χ0v) is 17.7. The molecule has 0 saturated carbocycles. The van der Waals surface area contributed by atoms with Crippen molar-refractivity contribution in [3.63, 3.8) is 0 Å². The van der Waals surface area contributed by atoms with Gasteiger partial charge in [-0.15, -0.1) is 0 Å². The third-order valence-electron chi connectivity index (χ3n) is 4.75. The Hall–Kier alpha value is -2.62. The van der Waals surface area contributed by atoms with Crippen molar-refractivity contribution in [3.05, 3.63) is 71.3 Å². The minimum atomic E-state index is -0.528. The lowest BCUT2D eigenvalue weighted by atomic mass is 10.0. The normalized spacial score (nSPS) is 12.3. The van der Waals surface area contributed by atoms with Gasteiger partial charge in [-0.2, -0.15) is 0 Å². The molecule has 28 heavy (non-hydrogen) atoms. The molecule has 0 fully saturated rings. The fourth-order valence-electron chi connectivity index (χ4n) is 3.12. The van der Waals surface area contributed by atoms with Gasteiger partial charge in [0.05, 0.1) is 6.42 Å². The molecule has 0 aliphatic rings. The molecule has 4 nitrogen and oxygen atoms in total. The molecule has 0 aliphatic heterocycles. The van der Waals surface area contributed by atoms with E-state index in [9.17, 15) is 9.59 Å². The van der Waals surface area contributed by atoms with Crippen molar-refractivity contribution in [3.8, 4) is 0 Å². The zero-order valence-electron chi connectivity index (χ0n) is 17.7. The lowest BCUT2D eigenvalue weighted by Crippen LogP contribution is -2.53. The molecule has 0 radical (unpaired) electrons. The summed E-state index contributed by atoms with van der Waals surface area (Å²) in [5, 5.41) is 2.99. The molecule has 0 aromatic heterocycles. The van der Waals surface area contributed by atoms with Crippen molar-refractivity contribution in [1.29, 1.82) is 0 Å². The summed E-state index contributed by atoms with van der Waals surface area (Å²) in [6, 6.07) is 17.4. The van der Waals surface area contributed by atoms with Crippen LogP contribution in [0.5, 0.6) is 0 Å². The highest BCUT2D eigenvalue weighted by atomic mass is 16.2. The molecule has 0 heterocycles. The van der Waals surface area contributed by atoms with Gasteiger partial charge in [-0.05, 0) is 57.7 Å². The van der Waals surface area contributed by atoms with Gasteiger partial charge in [0, 0.05) is 12.1 Å². The maximum atomic E-state index is 13.1. The van der Waals surface area contributed by atoms with E-state index in [1.54, 1.807) is 4.90 Å².